The summed E-state index contributed by atoms with van der Waals surface area (Å²) in [7, 11) is 0. The molecule has 1 aromatic rings. The Bertz CT molecular complexity index is 576. The zero-order valence-electron chi connectivity index (χ0n) is 15.1. The fraction of sp³-hybridized carbons (Fsp3) is 0.650. The number of carbonyl (C=O) groups excluding carboxylic acids is 2. The number of hydrogen-bond acceptors (Lipinski definition) is 3. The van der Waals surface area contributed by atoms with E-state index in [9.17, 15) is 9.59 Å². The molecular weight excluding hydrogens is 314 g/mol. The number of aromatic nitrogens is 1. The summed E-state index contributed by atoms with van der Waals surface area (Å²) in [6.45, 7) is 3.14. The van der Waals surface area contributed by atoms with Gasteiger partial charge in [0, 0.05) is 32.1 Å². The number of hydrogen-bond donors (Lipinski definition) is 1. The van der Waals surface area contributed by atoms with Crippen LogP contribution in [0, 0.1) is 11.8 Å². The molecule has 2 heterocycles. The summed E-state index contributed by atoms with van der Waals surface area (Å²) in [5.41, 5.74) is 0.912. The average Bonchev–Trinajstić information content (AvgIpc) is 2.67. The summed E-state index contributed by atoms with van der Waals surface area (Å²) < 4.78 is 0. The average molecular weight is 343 g/mol. The number of pyridine rings is 1. The van der Waals surface area contributed by atoms with E-state index in [0.29, 0.717) is 11.8 Å². The summed E-state index contributed by atoms with van der Waals surface area (Å²) in [5.74, 6) is 0.893. The number of piperidine rings is 1. The number of amides is 2. The molecule has 136 valence electrons. The van der Waals surface area contributed by atoms with Crippen LogP contribution in [0.3, 0.4) is 0 Å². The summed E-state index contributed by atoms with van der Waals surface area (Å²) in [6.07, 6.45) is 9.37. The maximum atomic E-state index is 12.7. The van der Waals surface area contributed by atoms with Crippen LogP contribution in [-0.2, 0) is 9.59 Å². The predicted molar refractivity (Wildman–Crippen MR) is 96.7 cm³/mol. The third kappa shape index (κ3) is 4.59. The van der Waals surface area contributed by atoms with Crippen LogP contribution >= 0.6 is 0 Å². The fourth-order valence-corrected chi connectivity index (χ4v) is 4.27. The van der Waals surface area contributed by atoms with Crippen LogP contribution in [0.4, 0.5) is 0 Å². The van der Waals surface area contributed by atoms with Gasteiger partial charge >= 0.3 is 0 Å². The van der Waals surface area contributed by atoms with Crippen molar-refractivity contribution in [2.75, 3.05) is 13.1 Å². The molecule has 0 radical (unpaired) electrons. The van der Waals surface area contributed by atoms with Gasteiger partial charge < -0.3 is 10.2 Å². The summed E-state index contributed by atoms with van der Waals surface area (Å²) in [5, 5.41) is 3.07. The molecule has 0 bridgehead atoms. The molecule has 1 aromatic heterocycles. The van der Waals surface area contributed by atoms with Crippen LogP contribution in [-0.4, -0.2) is 34.8 Å². The molecule has 5 heteroatoms. The minimum atomic E-state index is -0.0642. The van der Waals surface area contributed by atoms with Gasteiger partial charge in [-0.3, -0.25) is 14.6 Å². The normalized spacial score (nSPS) is 20.9. The van der Waals surface area contributed by atoms with Crippen molar-refractivity contribution in [3.05, 3.63) is 30.1 Å². The molecule has 2 aliphatic rings. The van der Waals surface area contributed by atoms with Gasteiger partial charge in [-0.2, -0.15) is 0 Å². The number of nitrogens with one attached hydrogen (secondary N) is 1. The van der Waals surface area contributed by atoms with Gasteiger partial charge in [-0.15, -0.1) is 0 Å². The predicted octanol–water partition coefficient (Wildman–Crippen LogP) is 3.08. The largest absolute Gasteiger partial charge is 0.348 e. The molecule has 1 aliphatic carbocycles. The van der Waals surface area contributed by atoms with E-state index in [1.54, 1.807) is 13.1 Å². The van der Waals surface area contributed by atoms with Gasteiger partial charge in [0.05, 0.1) is 11.7 Å². The van der Waals surface area contributed by atoms with E-state index in [-0.39, 0.29) is 17.9 Å². The molecule has 2 fully saturated rings. The Balaban J connectivity index is 1.61. The number of nitrogens with zero attached hydrogens (tertiary/aromatic N) is 2. The quantitative estimate of drug-likeness (QED) is 0.914. The number of carbonyl (C=O) groups is 2. The molecule has 1 saturated carbocycles. The van der Waals surface area contributed by atoms with E-state index < -0.39 is 0 Å². The van der Waals surface area contributed by atoms with E-state index in [1.807, 2.05) is 18.2 Å². The fourth-order valence-electron chi connectivity index (χ4n) is 4.27. The van der Waals surface area contributed by atoms with Crippen molar-refractivity contribution in [2.45, 2.75) is 57.9 Å². The van der Waals surface area contributed by atoms with Crippen molar-refractivity contribution < 1.29 is 9.59 Å². The van der Waals surface area contributed by atoms with Gasteiger partial charge in [-0.25, -0.2) is 0 Å². The van der Waals surface area contributed by atoms with Crippen molar-refractivity contribution in [3.63, 3.8) is 0 Å². The van der Waals surface area contributed by atoms with Gasteiger partial charge in [-0.1, -0.05) is 25.3 Å². The highest BCUT2D eigenvalue weighted by atomic mass is 16.2. The van der Waals surface area contributed by atoms with Gasteiger partial charge in [0.25, 0.3) is 0 Å². The minimum absolute atomic E-state index is 0.0311. The lowest BCUT2D eigenvalue weighted by Crippen LogP contribution is -2.45. The van der Waals surface area contributed by atoms with Gasteiger partial charge in [0.15, 0.2) is 0 Å². The summed E-state index contributed by atoms with van der Waals surface area (Å²) in [6, 6.07) is 5.75. The molecule has 3 rings (SSSR count). The third-order valence-corrected chi connectivity index (χ3v) is 5.64. The zero-order chi connectivity index (χ0) is 17.6. The molecule has 5 nitrogen and oxygen atoms in total. The second kappa shape index (κ2) is 8.45. The van der Waals surface area contributed by atoms with Gasteiger partial charge in [-0.05, 0) is 43.7 Å². The van der Waals surface area contributed by atoms with Gasteiger partial charge in [0.1, 0.15) is 0 Å². The Morgan fingerprint density at radius 1 is 1.12 bits per heavy atom. The Morgan fingerprint density at radius 3 is 2.44 bits per heavy atom. The second-order valence-electron chi connectivity index (χ2n) is 7.43. The molecule has 1 N–H and O–H groups in total. The SMILES string of the molecule is CC(=O)NC(c1ccccn1)C1CCN(C(=O)C2CCCCC2)CC1. The maximum absolute atomic E-state index is 12.7. The van der Waals surface area contributed by atoms with Crippen molar-refractivity contribution in [1.29, 1.82) is 0 Å². The molecule has 1 aliphatic heterocycles. The van der Waals surface area contributed by atoms with Crippen LogP contribution in [0.15, 0.2) is 24.4 Å². The highest BCUT2D eigenvalue weighted by Crippen LogP contribution is 2.32. The molecule has 1 saturated heterocycles. The molecule has 1 atom stereocenters. The first-order valence-electron chi connectivity index (χ1n) is 9.62. The maximum Gasteiger partial charge on any atom is 0.225 e. The van der Waals surface area contributed by atoms with Crippen molar-refractivity contribution >= 4 is 11.8 Å². The van der Waals surface area contributed by atoms with E-state index in [1.165, 1.54) is 19.3 Å². The smallest absolute Gasteiger partial charge is 0.225 e. The van der Waals surface area contributed by atoms with E-state index >= 15 is 0 Å². The summed E-state index contributed by atoms with van der Waals surface area (Å²) in [4.78, 5) is 30.9. The first-order valence-corrected chi connectivity index (χ1v) is 9.62. The number of rotatable bonds is 4. The van der Waals surface area contributed by atoms with Crippen molar-refractivity contribution in [2.24, 2.45) is 11.8 Å². The lowest BCUT2D eigenvalue weighted by atomic mass is 9.85. The van der Waals surface area contributed by atoms with Gasteiger partial charge in [0.2, 0.25) is 11.8 Å². The topological polar surface area (TPSA) is 62.3 Å². The highest BCUT2D eigenvalue weighted by molar-refractivity contribution is 5.79. The van der Waals surface area contributed by atoms with E-state index in [0.717, 1.165) is 44.5 Å². The monoisotopic (exact) mass is 343 g/mol. The first-order chi connectivity index (χ1) is 12.1. The molecule has 0 spiro atoms. The molecule has 0 aromatic carbocycles. The molecule has 25 heavy (non-hydrogen) atoms. The summed E-state index contributed by atoms with van der Waals surface area (Å²) >= 11 is 0. The Labute approximate surface area is 150 Å². The first kappa shape index (κ1) is 17.9. The lowest BCUT2D eigenvalue weighted by molar-refractivity contribution is -0.138. The highest BCUT2D eigenvalue weighted by Gasteiger charge is 2.33. The Hall–Kier alpha value is -1.91. The van der Waals surface area contributed by atoms with E-state index in [2.05, 4.69) is 15.2 Å². The van der Waals surface area contributed by atoms with Crippen LogP contribution < -0.4 is 5.32 Å². The Kier molecular flexibility index (Phi) is 6.05. The van der Waals surface area contributed by atoms with Crippen molar-refractivity contribution in [1.82, 2.24) is 15.2 Å². The standard InChI is InChI=1S/C20H29N3O2/c1-15(24)22-19(18-9-5-6-12-21-18)16-10-13-23(14-11-16)20(25)17-7-3-2-4-8-17/h5-6,9,12,16-17,19H,2-4,7-8,10-11,13-14H2,1H3,(H,22,24). The van der Waals surface area contributed by atoms with E-state index in [4.69, 9.17) is 0 Å². The molecule has 1 unspecified atom stereocenters. The third-order valence-electron chi connectivity index (χ3n) is 5.64. The Morgan fingerprint density at radius 2 is 1.84 bits per heavy atom. The minimum Gasteiger partial charge on any atom is -0.348 e. The van der Waals surface area contributed by atoms with Crippen LogP contribution in [0.5, 0.6) is 0 Å². The molecular formula is C20H29N3O2. The van der Waals surface area contributed by atoms with Crippen LogP contribution in [0.1, 0.15) is 63.6 Å². The lowest BCUT2D eigenvalue weighted by Gasteiger charge is -2.38. The van der Waals surface area contributed by atoms with Crippen molar-refractivity contribution in [3.8, 4) is 0 Å². The van der Waals surface area contributed by atoms with Crippen LogP contribution in [0.25, 0.3) is 0 Å². The zero-order valence-corrected chi connectivity index (χ0v) is 15.1. The number of likely N-dealkylation sites (tertiary alicyclic amines) is 1. The molecule has 2 amide bonds. The van der Waals surface area contributed by atoms with Crippen LogP contribution in [0.2, 0.25) is 0 Å². The second-order valence-corrected chi connectivity index (χ2v) is 7.43.